The summed E-state index contributed by atoms with van der Waals surface area (Å²) in [5.41, 5.74) is 3.77. The second kappa shape index (κ2) is 8.34. The van der Waals surface area contributed by atoms with Crippen molar-refractivity contribution in [3.63, 3.8) is 0 Å². The van der Waals surface area contributed by atoms with Crippen LogP contribution in [-0.4, -0.2) is 10.6 Å². The molecule has 0 aliphatic carbocycles. The van der Waals surface area contributed by atoms with E-state index in [1.54, 1.807) is 12.1 Å². The van der Waals surface area contributed by atoms with Crippen LogP contribution in [0.1, 0.15) is 22.4 Å². The van der Waals surface area contributed by atoms with Gasteiger partial charge in [-0.1, -0.05) is 48.0 Å². The van der Waals surface area contributed by atoms with E-state index in [9.17, 15) is 9.18 Å². The molecule has 0 aliphatic rings. The molecule has 134 valence electrons. The maximum absolute atomic E-state index is 13.8. The first kappa shape index (κ1) is 17.7. The Morgan fingerprint density at radius 1 is 0.962 bits per heavy atom. The topological polar surface area (TPSA) is 46.1 Å². The van der Waals surface area contributed by atoms with Gasteiger partial charge < -0.3 is 15.2 Å². The van der Waals surface area contributed by atoms with Gasteiger partial charge in [0.15, 0.2) is 0 Å². The Morgan fingerprint density at radius 3 is 2.46 bits per heavy atom. The molecule has 5 heteroatoms. The van der Waals surface area contributed by atoms with Crippen molar-refractivity contribution in [2.24, 2.45) is 0 Å². The summed E-state index contributed by atoms with van der Waals surface area (Å²) in [6.07, 6.45) is 1.88. The van der Waals surface area contributed by atoms with E-state index in [1.165, 1.54) is 11.6 Å². The van der Waals surface area contributed by atoms with Crippen LogP contribution in [0.25, 0.3) is 0 Å². The maximum Gasteiger partial charge on any atom is 0.315 e. The normalized spacial score (nSPS) is 10.5. The van der Waals surface area contributed by atoms with Gasteiger partial charge >= 0.3 is 6.03 Å². The van der Waals surface area contributed by atoms with Crippen molar-refractivity contribution < 1.29 is 9.18 Å². The highest BCUT2D eigenvalue weighted by Crippen LogP contribution is 2.11. The zero-order chi connectivity index (χ0) is 18.4. The Kier molecular flexibility index (Phi) is 5.69. The second-order valence-electron chi connectivity index (χ2n) is 6.24. The minimum atomic E-state index is -0.232. The van der Waals surface area contributed by atoms with E-state index in [0.717, 1.165) is 11.3 Å². The molecule has 0 aliphatic heterocycles. The Hall–Kier alpha value is -3.08. The fourth-order valence-corrected chi connectivity index (χ4v) is 2.70. The molecule has 0 unspecified atom stereocenters. The van der Waals surface area contributed by atoms with Crippen LogP contribution in [0, 0.1) is 12.7 Å². The van der Waals surface area contributed by atoms with Gasteiger partial charge in [-0.2, -0.15) is 0 Å². The monoisotopic (exact) mass is 351 g/mol. The van der Waals surface area contributed by atoms with E-state index in [-0.39, 0.29) is 11.8 Å². The number of hydrogen-bond acceptors (Lipinski definition) is 1. The van der Waals surface area contributed by atoms with Crippen molar-refractivity contribution in [1.82, 2.24) is 15.2 Å². The molecule has 1 heterocycles. The number of halogens is 1. The highest BCUT2D eigenvalue weighted by Gasteiger charge is 2.07. The Labute approximate surface area is 152 Å². The first-order valence-corrected chi connectivity index (χ1v) is 8.56. The number of hydrogen-bond donors (Lipinski definition) is 2. The van der Waals surface area contributed by atoms with Gasteiger partial charge in [0.25, 0.3) is 0 Å². The lowest BCUT2D eigenvalue weighted by atomic mass is 10.1. The van der Waals surface area contributed by atoms with E-state index in [0.29, 0.717) is 25.2 Å². The van der Waals surface area contributed by atoms with Gasteiger partial charge in [-0.3, -0.25) is 0 Å². The van der Waals surface area contributed by atoms with Gasteiger partial charge in [-0.15, -0.1) is 0 Å². The van der Waals surface area contributed by atoms with Crippen molar-refractivity contribution >= 4 is 6.03 Å². The lowest BCUT2D eigenvalue weighted by Gasteiger charge is -2.12. The average molecular weight is 351 g/mol. The SMILES string of the molecule is Cc1ccc(CNC(=O)NCc2cccn2Cc2ccccc2F)cc1. The smallest absolute Gasteiger partial charge is 0.315 e. The van der Waals surface area contributed by atoms with Crippen LogP contribution in [0.15, 0.2) is 66.9 Å². The highest BCUT2D eigenvalue weighted by atomic mass is 19.1. The summed E-state index contributed by atoms with van der Waals surface area (Å²) in [5, 5.41) is 5.68. The molecule has 0 atom stereocenters. The first-order valence-electron chi connectivity index (χ1n) is 8.56. The van der Waals surface area contributed by atoms with Crippen LogP contribution in [-0.2, 0) is 19.6 Å². The van der Waals surface area contributed by atoms with Gasteiger partial charge in [-0.05, 0) is 30.7 Å². The third-order valence-corrected chi connectivity index (χ3v) is 4.23. The molecule has 0 saturated carbocycles. The van der Waals surface area contributed by atoms with E-state index in [2.05, 4.69) is 10.6 Å². The molecule has 4 nitrogen and oxygen atoms in total. The van der Waals surface area contributed by atoms with Crippen LogP contribution in [0.2, 0.25) is 0 Å². The fraction of sp³-hybridized carbons (Fsp3) is 0.190. The molecule has 26 heavy (non-hydrogen) atoms. The molecule has 3 rings (SSSR count). The summed E-state index contributed by atoms with van der Waals surface area (Å²) in [7, 11) is 0. The minimum absolute atomic E-state index is 0.226. The predicted octanol–water partition coefficient (Wildman–Crippen LogP) is 3.98. The summed E-state index contributed by atoms with van der Waals surface area (Å²) >= 11 is 0. The summed E-state index contributed by atoms with van der Waals surface area (Å²) in [6.45, 7) is 3.31. The molecule has 0 fully saturated rings. The number of rotatable bonds is 6. The number of aromatic nitrogens is 1. The molecule has 2 amide bonds. The molecular formula is C21H22FN3O. The molecule has 0 radical (unpaired) electrons. The van der Waals surface area contributed by atoms with Crippen LogP contribution in [0.5, 0.6) is 0 Å². The molecule has 2 aromatic carbocycles. The van der Waals surface area contributed by atoms with E-state index < -0.39 is 0 Å². The number of nitrogens with one attached hydrogen (secondary N) is 2. The summed E-state index contributed by atoms with van der Waals surface area (Å²) in [4.78, 5) is 12.0. The molecule has 1 aromatic heterocycles. The number of benzene rings is 2. The molecule has 2 N–H and O–H groups in total. The lowest BCUT2D eigenvalue weighted by Crippen LogP contribution is -2.35. The van der Waals surface area contributed by atoms with E-state index in [4.69, 9.17) is 0 Å². The first-order chi connectivity index (χ1) is 12.6. The van der Waals surface area contributed by atoms with E-state index >= 15 is 0 Å². The van der Waals surface area contributed by atoms with Crippen LogP contribution in [0.4, 0.5) is 9.18 Å². The van der Waals surface area contributed by atoms with Crippen LogP contribution in [0.3, 0.4) is 0 Å². The number of urea groups is 1. The summed E-state index contributed by atoms with van der Waals surface area (Å²) < 4.78 is 15.7. The Morgan fingerprint density at radius 2 is 1.69 bits per heavy atom. The zero-order valence-corrected chi connectivity index (χ0v) is 14.7. The average Bonchev–Trinajstić information content (AvgIpc) is 3.08. The zero-order valence-electron chi connectivity index (χ0n) is 14.7. The van der Waals surface area contributed by atoms with Gasteiger partial charge in [0.1, 0.15) is 5.82 Å². The number of carbonyl (C=O) groups excluding carboxylic acids is 1. The minimum Gasteiger partial charge on any atom is -0.345 e. The number of carbonyl (C=O) groups is 1. The van der Waals surface area contributed by atoms with Gasteiger partial charge in [0.05, 0.1) is 13.1 Å². The van der Waals surface area contributed by atoms with E-state index in [1.807, 2.05) is 60.2 Å². The van der Waals surface area contributed by atoms with Gasteiger partial charge in [-0.25, -0.2) is 9.18 Å². The Bertz CT molecular complexity index is 871. The molecule has 0 saturated heterocycles. The number of amides is 2. The van der Waals surface area contributed by atoms with Crippen molar-refractivity contribution in [2.45, 2.75) is 26.6 Å². The van der Waals surface area contributed by atoms with Crippen molar-refractivity contribution in [2.75, 3.05) is 0 Å². The van der Waals surface area contributed by atoms with Gasteiger partial charge in [0, 0.05) is 24.0 Å². The standard InChI is InChI=1S/C21H22FN3O/c1-16-8-10-17(11-9-16)13-23-21(26)24-14-19-6-4-12-25(19)15-18-5-2-3-7-20(18)22/h2-12H,13-15H2,1H3,(H2,23,24,26). The highest BCUT2D eigenvalue weighted by molar-refractivity contribution is 5.73. The lowest BCUT2D eigenvalue weighted by molar-refractivity contribution is 0.240. The van der Waals surface area contributed by atoms with Gasteiger partial charge in [0.2, 0.25) is 0 Å². The molecular weight excluding hydrogens is 329 g/mol. The number of aryl methyl sites for hydroxylation is 1. The summed E-state index contributed by atoms with van der Waals surface area (Å²) in [6, 6.07) is 18.3. The molecule has 3 aromatic rings. The molecule has 0 bridgehead atoms. The Balaban J connectivity index is 1.52. The summed E-state index contributed by atoms with van der Waals surface area (Å²) in [5.74, 6) is -0.226. The van der Waals surface area contributed by atoms with Crippen molar-refractivity contribution in [3.05, 3.63) is 95.1 Å². The maximum atomic E-state index is 13.8. The van der Waals surface area contributed by atoms with Crippen LogP contribution >= 0.6 is 0 Å². The van der Waals surface area contributed by atoms with Crippen LogP contribution < -0.4 is 10.6 Å². The van der Waals surface area contributed by atoms with Crippen molar-refractivity contribution in [1.29, 1.82) is 0 Å². The fourth-order valence-electron chi connectivity index (χ4n) is 2.70. The predicted molar refractivity (Wildman–Crippen MR) is 100 cm³/mol. The quantitative estimate of drug-likeness (QED) is 0.693. The molecule has 0 spiro atoms. The second-order valence-corrected chi connectivity index (χ2v) is 6.24. The third kappa shape index (κ3) is 4.72. The number of nitrogens with zero attached hydrogens (tertiary/aromatic N) is 1. The largest absolute Gasteiger partial charge is 0.345 e. The van der Waals surface area contributed by atoms with Crippen molar-refractivity contribution in [3.8, 4) is 0 Å². The third-order valence-electron chi connectivity index (χ3n) is 4.23.